The van der Waals surface area contributed by atoms with Crippen molar-refractivity contribution in [2.45, 2.75) is 25.8 Å². The summed E-state index contributed by atoms with van der Waals surface area (Å²) < 4.78 is 1.78. The van der Waals surface area contributed by atoms with Crippen LogP contribution >= 0.6 is 22.9 Å². The van der Waals surface area contributed by atoms with Gasteiger partial charge in [-0.05, 0) is 43.0 Å². The number of anilines is 1. The Kier molecular flexibility index (Phi) is 5.40. The Labute approximate surface area is 166 Å². The summed E-state index contributed by atoms with van der Waals surface area (Å²) in [5.41, 5.74) is 1.41. The average Bonchev–Trinajstić information content (AvgIpc) is 3.37. The summed E-state index contributed by atoms with van der Waals surface area (Å²) >= 11 is 7.67. The molecule has 8 heteroatoms. The maximum atomic E-state index is 12.7. The van der Waals surface area contributed by atoms with Gasteiger partial charge in [-0.1, -0.05) is 41.1 Å². The molecule has 3 aromatic rings. The van der Waals surface area contributed by atoms with E-state index in [9.17, 15) is 4.79 Å². The molecule has 0 aliphatic carbocycles. The lowest BCUT2D eigenvalue weighted by Crippen LogP contribution is -2.29. The first-order valence-corrected chi connectivity index (χ1v) is 10.2. The molecule has 1 amide bonds. The van der Waals surface area contributed by atoms with E-state index < -0.39 is 0 Å². The number of amides is 1. The standard InChI is InChI=1S/C19H20ClN5OS/c20-15-8-3-2-7-14(15)13-21-17(26)16-9-6-12-25(16)19-23-22-18(27-19)24-10-4-1-5-11-24/h2-3,6-9,12H,1,4-5,10-11,13H2,(H,21,26). The van der Waals surface area contributed by atoms with E-state index in [1.165, 1.54) is 30.6 Å². The minimum absolute atomic E-state index is 0.172. The second-order valence-electron chi connectivity index (χ2n) is 6.45. The summed E-state index contributed by atoms with van der Waals surface area (Å²) in [4.78, 5) is 14.9. The van der Waals surface area contributed by atoms with Gasteiger partial charge in [0, 0.05) is 30.9 Å². The van der Waals surface area contributed by atoms with Crippen LogP contribution in [0.2, 0.25) is 5.02 Å². The van der Waals surface area contributed by atoms with E-state index in [1.807, 2.05) is 36.5 Å². The summed E-state index contributed by atoms with van der Waals surface area (Å²) in [6, 6.07) is 11.1. The van der Waals surface area contributed by atoms with E-state index in [2.05, 4.69) is 20.4 Å². The van der Waals surface area contributed by atoms with Crippen LogP contribution in [0.1, 0.15) is 35.3 Å². The second kappa shape index (κ2) is 8.10. The first-order chi connectivity index (χ1) is 13.2. The number of benzene rings is 1. The zero-order valence-electron chi connectivity index (χ0n) is 14.8. The van der Waals surface area contributed by atoms with Crippen LogP contribution in [-0.4, -0.2) is 33.8 Å². The largest absolute Gasteiger partial charge is 0.347 e. The first kappa shape index (κ1) is 18.0. The topological polar surface area (TPSA) is 63.1 Å². The van der Waals surface area contributed by atoms with Crippen LogP contribution in [0, 0.1) is 0 Å². The molecule has 0 radical (unpaired) electrons. The van der Waals surface area contributed by atoms with Crippen molar-refractivity contribution >= 4 is 34.0 Å². The number of carbonyl (C=O) groups excluding carboxylic acids is 1. The predicted octanol–water partition coefficient (Wildman–Crippen LogP) is 3.90. The third-order valence-electron chi connectivity index (χ3n) is 4.61. The molecular formula is C19H20ClN5OS. The van der Waals surface area contributed by atoms with Crippen LogP contribution < -0.4 is 10.2 Å². The summed E-state index contributed by atoms with van der Waals surface area (Å²) in [7, 11) is 0. The van der Waals surface area contributed by atoms with Crippen molar-refractivity contribution < 1.29 is 4.79 Å². The van der Waals surface area contributed by atoms with Crippen molar-refractivity contribution in [2.24, 2.45) is 0 Å². The van der Waals surface area contributed by atoms with Gasteiger partial charge in [0.25, 0.3) is 5.91 Å². The molecule has 1 aliphatic rings. The molecule has 140 valence electrons. The molecular weight excluding hydrogens is 382 g/mol. The highest BCUT2D eigenvalue weighted by Crippen LogP contribution is 2.27. The zero-order chi connectivity index (χ0) is 18.6. The highest BCUT2D eigenvalue weighted by molar-refractivity contribution is 7.17. The van der Waals surface area contributed by atoms with E-state index in [0.717, 1.165) is 23.8 Å². The summed E-state index contributed by atoms with van der Waals surface area (Å²) in [6.45, 7) is 2.41. The van der Waals surface area contributed by atoms with E-state index in [0.29, 0.717) is 22.4 Å². The normalized spacial score (nSPS) is 14.3. The molecule has 6 nitrogen and oxygen atoms in total. The van der Waals surface area contributed by atoms with Crippen LogP contribution in [-0.2, 0) is 6.54 Å². The number of rotatable bonds is 5. The monoisotopic (exact) mass is 401 g/mol. The molecule has 1 aliphatic heterocycles. The minimum atomic E-state index is -0.172. The fraction of sp³-hybridized carbons (Fsp3) is 0.316. The van der Waals surface area contributed by atoms with Crippen molar-refractivity contribution in [2.75, 3.05) is 18.0 Å². The van der Waals surface area contributed by atoms with Crippen LogP contribution in [0.4, 0.5) is 5.13 Å². The Morgan fingerprint density at radius 3 is 2.67 bits per heavy atom. The number of nitrogens with zero attached hydrogens (tertiary/aromatic N) is 4. The summed E-state index contributed by atoms with van der Waals surface area (Å²) in [5.74, 6) is -0.172. The number of carbonyl (C=O) groups is 1. The van der Waals surface area contributed by atoms with Gasteiger partial charge < -0.3 is 10.2 Å². The molecule has 1 fully saturated rings. The third kappa shape index (κ3) is 3.99. The van der Waals surface area contributed by atoms with E-state index in [4.69, 9.17) is 11.6 Å². The molecule has 1 N–H and O–H groups in total. The van der Waals surface area contributed by atoms with Gasteiger partial charge >= 0.3 is 0 Å². The highest BCUT2D eigenvalue weighted by Gasteiger charge is 2.19. The van der Waals surface area contributed by atoms with Crippen LogP contribution in [0.3, 0.4) is 0 Å². The Balaban J connectivity index is 1.48. The molecule has 0 unspecified atom stereocenters. The Bertz CT molecular complexity index is 932. The molecule has 4 rings (SSSR count). The maximum Gasteiger partial charge on any atom is 0.268 e. The van der Waals surface area contributed by atoms with Gasteiger partial charge in [-0.25, -0.2) is 0 Å². The van der Waals surface area contributed by atoms with Crippen LogP contribution in [0.15, 0.2) is 42.6 Å². The Morgan fingerprint density at radius 1 is 1.07 bits per heavy atom. The maximum absolute atomic E-state index is 12.7. The SMILES string of the molecule is O=C(NCc1ccccc1Cl)c1cccn1-c1nnc(N2CCCCC2)s1. The van der Waals surface area contributed by atoms with Gasteiger partial charge in [0.15, 0.2) is 0 Å². The molecule has 0 atom stereocenters. The molecule has 3 heterocycles. The summed E-state index contributed by atoms with van der Waals surface area (Å²) in [5, 5.41) is 13.8. The molecule has 0 spiro atoms. The number of hydrogen-bond donors (Lipinski definition) is 1. The van der Waals surface area contributed by atoms with Gasteiger partial charge in [-0.15, -0.1) is 10.2 Å². The quantitative estimate of drug-likeness (QED) is 0.704. The lowest BCUT2D eigenvalue weighted by Gasteiger charge is -2.25. The van der Waals surface area contributed by atoms with Crippen LogP contribution in [0.25, 0.3) is 5.13 Å². The second-order valence-corrected chi connectivity index (χ2v) is 7.79. The van der Waals surface area contributed by atoms with Gasteiger partial charge in [-0.2, -0.15) is 0 Å². The fourth-order valence-electron chi connectivity index (χ4n) is 3.16. The number of hydrogen-bond acceptors (Lipinski definition) is 5. The molecule has 0 bridgehead atoms. The van der Waals surface area contributed by atoms with Crippen molar-refractivity contribution in [3.05, 3.63) is 58.9 Å². The van der Waals surface area contributed by atoms with Crippen molar-refractivity contribution in [1.29, 1.82) is 0 Å². The Hall–Kier alpha value is -2.38. The molecule has 27 heavy (non-hydrogen) atoms. The molecule has 0 saturated carbocycles. The van der Waals surface area contributed by atoms with Crippen LogP contribution in [0.5, 0.6) is 0 Å². The molecule has 1 saturated heterocycles. The fourth-order valence-corrected chi connectivity index (χ4v) is 4.26. The number of halogens is 1. The average molecular weight is 402 g/mol. The lowest BCUT2D eigenvalue weighted by molar-refractivity contribution is 0.0944. The van der Waals surface area contributed by atoms with E-state index >= 15 is 0 Å². The number of nitrogens with one attached hydrogen (secondary N) is 1. The van der Waals surface area contributed by atoms with Gasteiger partial charge in [-0.3, -0.25) is 9.36 Å². The van der Waals surface area contributed by atoms with Gasteiger partial charge in [0.2, 0.25) is 10.3 Å². The van der Waals surface area contributed by atoms with Gasteiger partial charge in [0.1, 0.15) is 5.69 Å². The highest BCUT2D eigenvalue weighted by atomic mass is 35.5. The molecule has 2 aromatic heterocycles. The zero-order valence-corrected chi connectivity index (χ0v) is 16.3. The first-order valence-electron chi connectivity index (χ1n) is 9.00. The van der Waals surface area contributed by atoms with Gasteiger partial charge in [0.05, 0.1) is 0 Å². The van der Waals surface area contributed by atoms with E-state index in [-0.39, 0.29) is 5.91 Å². The smallest absolute Gasteiger partial charge is 0.268 e. The Morgan fingerprint density at radius 2 is 1.85 bits per heavy atom. The summed E-state index contributed by atoms with van der Waals surface area (Å²) in [6.07, 6.45) is 5.49. The molecule has 1 aromatic carbocycles. The minimum Gasteiger partial charge on any atom is -0.347 e. The number of aromatic nitrogens is 3. The third-order valence-corrected chi connectivity index (χ3v) is 5.97. The van der Waals surface area contributed by atoms with Crippen molar-refractivity contribution in [3.8, 4) is 5.13 Å². The van der Waals surface area contributed by atoms with Crippen molar-refractivity contribution in [1.82, 2.24) is 20.1 Å². The van der Waals surface area contributed by atoms with E-state index in [1.54, 1.807) is 10.6 Å². The lowest BCUT2D eigenvalue weighted by atomic mass is 10.1. The predicted molar refractivity (Wildman–Crippen MR) is 108 cm³/mol. The van der Waals surface area contributed by atoms with Crippen molar-refractivity contribution in [3.63, 3.8) is 0 Å². The number of piperidine rings is 1.